The van der Waals surface area contributed by atoms with Crippen molar-refractivity contribution in [1.82, 2.24) is 20.0 Å². The predicted octanol–water partition coefficient (Wildman–Crippen LogP) is 2.79. The summed E-state index contributed by atoms with van der Waals surface area (Å²) in [5.74, 6) is 1.12. The van der Waals surface area contributed by atoms with Gasteiger partial charge in [0.1, 0.15) is 5.82 Å². The quantitative estimate of drug-likeness (QED) is 0.867. The van der Waals surface area contributed by atoms with Crippen LogP contribution in [0.4, 0.5) is 4.39 Å². The summed E-state index contributed by atoms with van der Waals surface area (Å²) in [5, 5.41) is 8.06. The Morgan fingerprint density at radius 1 is 1.13 bits per heavy atom. The number of nitrogens with zero attached hydrogens (tertiary/aromatic N) is 4. The molecule has 0 N–H and O–H groups in total. The molecule has 1 aliphatic heterocycles. The summed E-state index contributed by atoms with van der Waals surface area (Å²) in [6.07, 6.45) is 1.10. The summed E-state index contributed by atoms with van der Waals surface area (Å²) < 4.78 is 18.6. The molecule has 2 heterocycles. The van der Waals surface area contributed by atoms with E-state index in [9.17, 15) is 4.39 Å². The van der Waals surface area contributed by atoms with E-state index in [4.69, 9.17) is 4.42 Å². The highest BCUT2D eigenvalue weighted by molar-refractivity contribution is 5.15. The van der Waals surface area contributed by atoms with Gasteiger partial charge in [-0.2, -0.15) is 0 Å². The molecule has 1 aliphatic rings. The zero-order chi connectivity index (χ0) is 16.2. The molecule has 1 aromatic carbocycles. The van der Waals surface area contributed by atoms with Crippen LogP contribution >= 0.6 is 0 Å². The van der Waals surface area contributed by atoms with E-state index < -0.39 is 0 Å². The summed E-state index contributed by atoms with van der Waals surface area (Å²) in [5.41, 5.74) is 1.15. The Morgan fingerprint density at radius 2 is 1.91 bits per heavy atom. The first-order valence-corrected chi connectivity index (χ1v) is 8.12. The van der Waals surface area contributed by atoms with Crippen LogP contribution in [0.1, 0.15) is 36.7 Å². The van der Waals surface area contributed by atoms with Crippen molar-refractivity contribution < 1.29 is 8.81 Å². The van der Waals surface area contributed by atoms with Crippen LogP contribution < -0.4 is 0 Å². The molecule has 1 fully saturated rings. The Kier molecular flexibility index (Phi) is 5.03. The van der Waals surface area contributed by atoms with E-state index in [2.05, 4.69) is 26.9 Å². The van der Waals surface area contributed by atoms with E-state index >= 15 is 0 Å². The molecule has 1 aromatic heterocycles. The fourth-order valence-electron chi connectivity index (χ4n) is 3.02. The molecule has 3 rings (SSSR count). The molecule has 0 unspecified atom stereocenters. The van der Waals surface area contributed by atoms with E-state index in [1.54, 1.807) is 0 Å². The maximum atomic E-state index is 13.0. The number of aromatic nitrogens is 2. The molecule has 1 atom stereocenters. The van der Waals surface area contributed by atoms with E-state index in [-0.39, 0.29) is 11.9 Å². The molecule has 124 valence electrons. The van der Waals surface area contributed by atoms with Crippen LogP contribution in [0.15, 0.2) is 28.7 Å². The minimum absolute atomic E-state index is 0.141. The average Bonchev–Trinajstić information content (AvgIpc) is 2.84. The second-order valence-corrected chi connectivity index (χ2v) is 6.13. The predicted molar refractivity (Wildman–Crippen MR) is 85.3 cm³/mol. The summed E-state index contributed by atoms with van der Waals surface area (Å²) in [7, 11) is 0. The molecule has 0 radical (unpaired) electrons. The number of rotatable bonds is 4. The average molecular weight is 318 g/mol. The molecule has 0 spiro atoms. The summed E-state index contributed by atoms with van der Waals surface area (Å²) in [6.45, 7) is 8.80. The number of benzene rings is 1. The monoisotopic (exact) mass is 318 g/mol. The van der Waals surface area contributed by atoms with Gasteiger partial charge in [-0.25, -0.2) is 4.39 Å². The van der Waals surface area contributed by atoms with Crippen LogP contribution in [0.3, 0.4) is 0 Å². The molecule has 0 aliphatic carbocycles. The highest BCUT2D eigenvalue weighted by Gasteiger charge is 2.23. The van der Waals surface area contributed by atoms with Crippen molar-refractivity contribution in [2.75, 3.05) is 26.2 Å². The Morgan fingerprint density at radius 3 is 2.61 bits per heavy atom. The van der Waals surface area contributed by atoms with Crippen molar-refractivity contribution in [2.45, 2.75) is 32.9 Å². The fraction of sp³-hybridized carbons (Fsp3) is 0.529. The Hall–Kier alpha value is -1.79. The van der Waals surface area contributed by atoms with Gasteiger partial charge in [0.15, 0.2) is 0 Å². The first-order valence-electron chi connectivity index (χ1n) is 8.12. The van der Waals surface area contributed by atoms with Gasteiger partial charge in [0.2, 0.25) is 11.8 Å². The maximum Gasteiger partial charge on any atom is 0.233 e. The number of hydrogen-bond acceptors (Lipinski definition) is 5. The molecule has 23 heavy (non-hydrogen) atoms. The van der Waals surface area contributed by atoms with Gasteiger partial charge in [-0.15, -0.1) is 10.2 Å². The smallest absolute Gasteiger partial charge is 0.233 e. The third-order valence-corrected chi connectivity index (χ3v) is 4.39. The molecule has 0 saturated carbocycles. The molecular weight excluding hydrogens is 295 g/mol. The van der Waals surface area contributed by atoms with E-state index in [0.717, 1.165) is 44.7 Å². The van der Waals surface area contributed by atoms with Gasteiger partial charge < -0.3 is 4.42 Å². The van der Waals surface area contributed by atoms with Crippen LogP contribution in [-0.4, -0.2) is 46.2 Å². The summed E-state index contributed by atoms with van der Waals surface area (Å²) in [6, 6.07) is 6.92. The maximum absolute atomic E-state index is 13.0. The lowest BCUT2D eigenvalue weighted by atomic mass is 10.2. The molecule has 5 nitrogen and oxygen atoms in total. The molecular formula is C17H23FN4O. The van der Waals surface area contributed by atoms with Gasteiger partial charge >= 0.3 is 0 Å². The molecule has 0 amide bonds. The highest BCUT2D eigenvalue weighted by atomic mass is 19.1. The topological polar surface area (TPSA) is 45.4 Å². The molecule has 6 heteroatoms. The van der Waals surface area contributed by atoms with Gasteiger partial charge in [0.05, 0.1) is 6.04 Å². The van der Waals surface area contributed by atoms with Crippen LogP contribution in [0.5, 0.6) is 0 Å². The van der Waals surface area contributed by atoms with Crippen molar-refractivity contribution in [2.24, 2.45) is 0 Å². The van der Waals surface area contributed by atoms with E-state index in [1.807, 2.05) is 19.1 Å². The standard InChI is InChI=1S/C17H23FN4O/c1-13(17-20-19-14(2)23-17)22-9-3-8-21(10-11-22)12-15-4-6-16(18)7-5-15/h4-7,13H,3,8-12H2,1-2H3/t13-/m0/s1. The Bertz CT molecular complexity index is 628. The van der Waals surface area contributed by atoms with Crippen molar-refractivity contribution in [3.8, 4) is 0 Å². The van der Waals surface area contributed by atoms with Crippen molar-refractivity contribution in [3.05, 3.63) is 47.4 Å². The lowest BCUT2D eigenvalue weighted by Crippen LogP contribution is -2.32. The normalized spacial score (nSPS) is 18.7. The van der Waals surface area contributed by atoms with Crippen LogP contribution in [-0.2, 0) is 6.54 Å². The van der Waals surface area contributed by atoms with Gasteiger partial charge in [0.25, 0.3) is 0 Å². The third kappa shape index (κ3) is 4.14. The van der Waals surface area contributed by atoms with E-state index in [1.165, 1.54) is 12.1 Å². The number of aryl methyl sites for hydroxylation is 1. The highest BCUT2D eigenvalue weighted by Crippen LogP contribution is 2.21. The van der Waals surface area contributed by atoms with Gasteiger partial charge in [-0.3, -0.25) is 9.80 Å². The lowest BCUT2D eigenvalue weighted by molar-refractivity contribution is 0.183. The Labute approximate surface area is 136 Å². The minimum atomic E-state index is -0.181. The second-order valence-electron chi connectivity index (χ2n) is 6.13. The van der Waals surface area contributed by atoms with Gasteiger partial charge in [-0.1, -0.05) is 12.1 Å². The minimum Gasteiger partial charge on any atom is -0.424 e. The van der Waals surface area contributed by atoms with Gasteiger partial charge in [0, 0.05) is 33.1 Å². The lowest BCUT2D eigenvalue weighted by Gasteiger charge is -2.25. The van der Waals surface area contributed by atoms with Gasteiger partial charge in [-0.05, 0) is 37.6 Å². The Balaban J connectivity index is 1.57. The van der Waals surface area contributed by atoms with Crippen LogP contribution in [0.25, 0.3) is 0 Å². The number of hydrogen-bond donors (Lipinski definition) is 0. The van der Waals surface area contributed by atoms with Crippen molar-refractivity contribution in [1.29, 1.82) is 0 Å². The third-order valence-electron chi connectivity index (χ3n) is 4.39. The number of halogens is 1. The zero-order valence-corrected chi connectivity index (χ0v) is 13.7. The van der Waals surface area contributed by atoms with Crippen LogP contribution in [0.2, 0.25) is 0 Å². The first kappa shape index (κ1) is 16.1. The summed E-state index contributed by atoms with van der Waals surface area (Å²) >= 11 is 0. The largest absolute Gasteiger partial charge is 0.424 e. The fourth-order valence-corrected chi connectivity index (χ4v) is 3.02. The van der Waals surface area contributed by atoms with Crippen molar-refractivity contribution >= 4 is 0 Å². The van der Waals surface area contributed by atoms with E-state index in [0.29, 0.717) is 11.8 Å². The summed E-state index contributed by atoms with van der Waals surface area (Å²) in [4.78, 5) is 4.80. The second kappa shape index (κ2) is 7.19. The molecule has 0 bridgehead atoms. The molecule has 2 aromatic rings. The van der Waals surface area contributed by atoms with Crippen LogP contribution in [0, 0.1) is 12.7 Å². The first-order chi connectivity index (χ1) is 11.1. The zero-order valence-electron chi connectivity index (χ0n) is 13.7. The SMILES string of the molecule is Cc1nnc([C@H](C)N2CCCN(Cc3ccc(F)cc3)CC2)o1. The molecule has 1 saturated heterocycles. The van der Waals surface area contributed by atoms with Crippen molar-refractivity contribution in [3.63, 3.8) is 0 Å².